The molecule has 2 aliphatic carbocycles. The van der Waals surface area contributed by atoms with Crippen LogP contribution in [0.3, 0.4) is 0 Å². The lowest BCUT2D eigenvalue weighted by atomic mass is 9.91. The Bertz CT molecular complexity index is 504. The molecule has 1 unspecified atom stereocenters. The van der Waals surface area contributed by atoms with E-state index in [1.807, 2.05) is 0 Å². The summed E-state index contributed by atoms with van der Waals surface area (Å²) in [5, 5.41) is 1.56. The lowest BCUT2D eigenvalue weighted by molar-refractivity contribution is 0.0692. The van der Waals surface area contributed by atoms with E-state index in [0.717, 1.165) is 38.4 Å². The smallest absolute Gasteiger partial charge is 0.0731 e. The van der Waals surface area contributed by atoms with Crippen LogP contribution in [0.2, 0.25) is 0 Å². The van der Waals surface area contributed by atoms with Crippen molar-refractivity contribution >= 4 is 13.5 Å². The molecule has 3 aliphatic rings. The summed E-state index contributed by atoms with van der Waals surface area (Å²) in [6, 6.07) is 13.0. The standard InChI is InChI=1S/C22H35N2OP/c1-4-10-20(11-5-1)24(21-12-6-2-7-13-21)26(22-14-8-3-9-15-22)23-16-18-25-19-17-23/h3,8-9,14-15,20-21H,1-2,4-7,10-13,16-19H2. The van der Waals surface area contributed by atoms with Crippen molar-refractivity contribution in [3.63, 3.8) is 0 Å². The molecule has 1 aliphatic heterocycles. The number of hydrogen-bond acceptors (Lipinski definition) is 3. The summed E-state index contributed by atoms with van der Waals surface area (Å²) >= 11 is 0. The summed E-state index contributed by atoms with van der Waals surface area (Å²) in [6.07, 6.45) is 14.2. The normalized spacial score (nSPS) is 25.4. The zero-order valence-electron chi connectivity index (χ0n) is 16.2. The summed E-state index contributed by atoms with van der Waals surface area (Å²) in [5.41, 5.74) is 0. The van der Waals surface area contributed by atoms with Gasteiger partial charge in [-0.05, 0) is 25.7 Å². The number of morpholine rings is 1. The van der Waals surface area contributed by atoms with Crippen molar-refractivity contribution < 1.29 is 4.74 Å². The monoisotopic (exact) mass is 374 g/mol. The minimum absolute atomic E-state index is 0.396. The fourth-order valence-corrected chi connectivity index (χ4v) is 7.99. The molecule has 0 spiro atoms. The van der Waals surface area contributed by atoms with Crippen molar-refractivity contribution in [2.24, 2.45) is 0 Å². The van der Waals surface area contributed by atoms with Crippen molar-refractivity contribution in [3.05, 3.63) is 30.3 Å². The van der Waals surface area contributed by atoms with E-state index in [1.54, 1.807) is 5.30 Å². The molecule has 1 saturated heterocycles. The Kier molecular flexibility index (Phi) is 7.00. The second-order valence-electron chi connectivity index (χ2n) is 8.15. The van der Waals surface area contributed by atoms with Gasteiger partial charge in [-0.25, -0.2) is 0 Å². The van der Waals surface area contributed by atoms with Crippen LogP contribution in [0.15, 0.2) is 30.3 Å². The number of rotatable bonds is 5. The van der Waals surface area contributed by atoms with E-state index in [0.29, 0.717) is 0 Å². The molecule has 1 aromatic carbocycles. The minimum Gasteiger partial charge on any atom is -0.379 e. The highest BCUT2D eigenvalue weighted by atomic mass is 31.1. The average molecular weight is 375 g/mol. The second-order valence-corrected chi connectivity index (χ2v) is 10.3. The molecule has 3 nitrogen and oxygen atoms in total. The highest BCUT2D eigenvalue weighted by Gasteiger charge is 2.38. The molecule has 4 rings (SSSR count). The maximum atomic E-state index is 5.71. The van der Waals surface area contributed by atoms with Crippen LogP contribution < -0.4 is 5.30 Å². The molecular weight excluding hydrogens is 339 g/mol. The summed E-state index contributed by atoms with van der Waals surface area (Å²) in [6.45, 7) is 3.98. The van der Waals surface area contributed by atoms with Crippen LogP contribution in [-0.4, -0.2) is 47.7 Å². The third kappa shape index (κ3) is 4.50. The Hall–Kier alpha value is -0.470. The molecule has 2 saturated carbocycles. The van der Waals surface area contributed by atoms with Crippen molar-refractivity contribution in [2.75, 3.05) is 26.3 Å². The van der Waals surface area contributed by atoms with Crippen molar-refractivity contribution in [1.82, 2.24) is 9.34 Å². The zero-order chi connectivity index (χ0) is 17.6. The molecule has 0 N–H and O–H groups in total. The second kappa shape index (κ2) is 9.64. The first-order chi connectivity index (χ1) is 12.9. The highest BCUT2D eigenvalue weighted by Crippen LogP contribution is 2.50. The maximum absolute atomic E-state index is 5.71. The predicted molar refractivity (Wildman–Crippen MR) is 111 cm³/mol. The quantitative estimate of drug-likeness (QED) is 0.680. The third-order valence-corrected chi connectivity index (χ3v) is 9.15. The van der Waals surface area contributed by atoms with E-state index < -0.39 is 8.22 Å². The zero-order valence-corrected chi connectivity index (χ0v) is 17.1. The molecule has 0 amide bonds. The van der Waals surface area contributed by atoms with Gasteiger partial charge in [0.05, 0.1) is 21.4 Å². The van der Waals surface area contributed by atoms with Crippen molar-refractivity contribution in [2.45, 2.75) is 76.3 Å². The third-order valence-electron chi connectivity index (χ3n) is 6.36. The van der Waals surface area contributed by atoms with E-state index >= 15 is 0 Å². The van der Waals surface area contributed by atoms with Gasteiger partial charge in [0, 0.05) is 30.5 Å². The van der Waals surface area contributed by atoms with E-state index in [9.17, 15) is 0 Å². The SMILES string of the molecule is c1ccc(P(N2CCOCC2)N(C2CCCCC2)C2CCCCC2)cc1. The summed E-state index contributed by atoms with van der Waals surface area (Å²) in [5.74, 6) is 0. The van der Waals surface area contributed by atoms with Crippen LogP contribution in [0.25, 0.3) is 0 Å². The molecule has 4 heteroatoms. The molecule has 0 aromatic heterocycles. The Labute approximate surface area is 160 Å². The van der Waals surface area contributed by atoms with Crippen LogP contribution in [0.5, 0.6) is 0 Å². The minimum atomic E-state index is -0.396. The van der Waals surface area contributed by atoms with Gasteiger partial charge < -0.3 is 4.74 Å². The molecule has 1 aromatic rings. The van der Waals surface area contributed by atoms with Gasteiger partial charge in [-0.2, -0.15) is 0 Å². The summed E-state index contributed by atoms with van der Waals surface area (Å²) in [4.78, 5) is 0. The fourth-order valence-electron chi connectivity index (χ4n) is 5.05. The number of ether oxygens (including phenoxy) is 1. The van der Waals surface area contributed by atoms with Crippen LogP contribution >= 0.6 is 8.22 Å². The molecular formula is C22H35N2OP. The van der Waals surface area contributed by atoms with E-state index in [2.05, 4.69) is 39.7 Å². The Morgan fingerprint density at radius 1 is 0.769 bits per heavy atom. The maximum Gasteiger partial charge on any atom is 0.0731 e. The lowest BCUT2D eigenvalue weighted by Gasteiger charge is -2.50. The Morgan fingerprint density at radius 2 is 1.31 bits per heavy atom. The molecule has 0 bridgehead atoms. The first-order valence-corrected chi connectivity index (χ1v) is 12.1. The number of hydrogen-bond donors (Lipinski definition) is 0. The van der Waals surface area contributed by atoms with Gasteiger partial charge in [0.15, 0.2) is 0 Å². The molecule has 0 radical (unpaired) electrons. The van der Waals surface area contributed by atoms with Crippen LogP contribution in [0.1, 0.15) is 64.2 Å². The number of benzene rings is 1. The molecule has 1 heterocycles. The first kappa shape index (κ1) is 18.9. The van der Waals surface area contributed by atoms with Gasteiger partial charge in [0.2, 0.25) is 0 Å². The van der Waals surface area contributed by atoms with Gasteiger partial charge >= 0.3 is 0 Å². The molecule has 3 fully saturated rings. The van der Waals surface area contributed by atoms with Crippen LogP contribution in [0, 0.1) is 0 Å². The largest absolute Gasteiger partial charge is 0.379 e. The summed E-state index contributed by atoms with van der Waals surface area (Å²) in [7, 11) is -0.396. The highest BCUT2D eigenvalue weighted by molar-refractivity contribution is 7.61. The van der Waals surface area contributed by atoms with Crippen LogP contribution in [0.4, 0.5) is 0 Å². The predicted octanol–water partition coefficient (Wildman–Crippen LogP) is 4.92. The van der Waals surface area contributed by atoms with Gasteiger partial charge in [-0.1, -0.05) is 68.9 Å². The Balaban J connectivity index is 1.66. The van der Waals surface area contributed by atoms with Gasteiger partial charge in [-0.3, -0.25) is 9.34 Å². The van der Waals surface area contributed by atoms with E-state index in [1.165, 1.54) is 64.2 Å². The molecule has 144 valence electrons. The lowest BCUT2D eigenvalue weighted by Crippen LogP contribution is -2.48. The van der Waals surface area contributed by atoms with Gasteiger partial charge in [0.1, 0.15) is 0 Å². The first-order valence-electron chi connectivity index (χ1n) is 10.9. The van der Waals surface area contributed by atoms with Crippen LogP contribution in [-0.2, 0) is 4.74 Å². The van der Waals surface area contributed by atoms with Crippen molar-refractivity contribution in [1.29, 1.82) is 0 Å². The molecule has 1 atom stereocenters. The Morgan fingerprint density at radius 3 is 1.85 bits per heavy atom. The van der Waals surface area contributed by atoms with E-state index in [4.69, 9.17) is 4.74 Å². The number of nitrogens with zero attached hydrogens (tertiary/aromatic N) is 2. The van der Waals surface area contributed by atoms with E-state index in [-0.39, 0.29) is 0 Å². The average Bonchev–Trinajstić information content (AvgIpc) is 2.74. The summed E-state index contributed by atoms with van der Waals surface area (Å²) < 4.78 is 11.5. The fraction of sp³-hybridized carbons (Fsp3) is 0.727. The topological polar surface area (TPSA) is 15.7 Å². The van der Waals surface area contributed by atoms with Crippen molar-refractivity contribution in [3.8, 4) is 0 Å². The van der Waals surface area contributed by atoms with Gasteiger partial charge in [0.25, 0.3) is 0 Å². The van der Waals surface area contributed by atoms with Gasteiger partial charge in [-0.15, -0.1) is 0 Å². The molecule has 26 heavy (non-hydrogen) atoms.